The van der Waals surface area contributed by atoms with E-state index in [-0.39, 0.29) is 5.69 Å². The van der Waals surface area contributed by atoms with Gasteiger partial charge in [-0.25, -0.2) is 4.98 Å². The van der Waals surface area contributed by atoms with Gasteiger partial charge in [0.1, 0.15) is 5.82 Å². The number of nitrogens with zero attached hydrogens (tertiary/aromatic N) is 2. The van der Waals surface area contributed by atoms with Gasteiger partial charge in [0, 0.05) is 36.4 Å². The van der Waals surface area contributed by atoms with Crippen LogP contribution in [0.15, 0.2) is 67.1 Å². The van der Waals surface area contributed by atoms with Crippen LogP contribution in [0.5, 0.6) is 0 Å². The number of rotatable bonds is 5. The first-order valence-electron chi connectivity index (χ1n) is 7.99. The highest BCUT2D eigenvalue weighted by atomic mass is 19.4. The zero-order valence-electron chi connectivity index (χ0n) is 14.0. The number of hydrogen-bond donors (Lipinski definition) is 2. The Morgan fingerprint density at radius 2 is 1.67 bits per heavy atom. The Hall–Kier alpha value is -3.42. The number of halogens is 3. The molecule has 3 rings (SSSR count). The smallest absolute Gasteiger partial charge is 0.366 e. The molecule has 2 heterocycles. The predicted molar refractivity (Wildman–Crippen MR) is 95.2 cm³/mol. The molecule has 8 heteroatoms. The van der Waals surface area contributed by atoms with Crippen LogP contribution >= 0.6 is 0 Å². The maximum atomic E-state index is 12.6. The fraction of sp³-hybridized carbons (Fsp3) is 0.105. The molecule has 5 nitrogen and oxygen atoms in total. The van der Waals surface area contributed by atoms with Crippen LogP contribution in [0.3, 0.4) is 0 Å². The van der Waals surface area contributed by atoms with E-state index >= 15 is 0 Å². The molecule has 2 aromatic heterocycles. The summed E-state index contributed by atoms with van der Waals surface area (Å²) in [5.41, 5.74) is 0.844. The highest BCUT2D eigenvalue weighted by Gasteiger charge is 2.30. The quantitative estimate of drug-likeness (QED) is 0.698. The molecule has 0 aliphatic carbocycles. The molecular weight excluding hydrogens is 357 g/mol. The van der Waals surface area contributed by atoms with Gasteiger partial charge in [0.25, 0.3) is 5.91 Å². The summed E-state index contributed by atoms with van der Waals surface area (Å²) in [5.74, 6) is 0.0657. The second-order valence-corrected chi connectivity index (χ2v) is 5.67. The molecule has 0 atom stereocenters. The van der Waals surface area contributed by atoms with E-state index in [4.69, 9.17) is 0 Å². The minimum absolute atomic E-state index is 0.274. The number of carbonyl (C=O) groups is 1. The lowest BCUT2D eigenvalue weighted by atomic mass is 10.2. The maximum Gasteiger partial charge on any atom is 0.416 e. The highest BCUT2D eigenvalue weighted by molar-refractivity contribution is 6.04. The summed E-state index contributed by atoms with van der Waals surface area (Å²) in [4.78, 5) is 20.4. The Labute approximate surface area is 153 Å². The van der Waals surface area contributed by atoms with Crippen molar-refractivity contribution in [1.82, 2.24) is 9.97 Å². The van der Waals surface area contributed by atoms with Crippen LogP contribution in [0, 0.1) is 0 Å². The number of amides is 1. The second-order valence-electron chi connectivity index (χ2n) is 5.67. The molecule has 138 valence electrons. The first kappa shape index (κ1) is 18.4. The molecule has 0 saturated carbocycles. The van der Waals surface area contributed by atoms with E-state index in [0.717, 1.165) is 17.7 Å². The van der Waals surface area contributed by atoms with Gasteiger partial charge in [0.05, 0.1) is 5.56 Å². The SMILES string of the molecule is O=C(Nc1ccc(C(F)(F)F)cc1)c1ccnc(NCc2ccncc2)c1. The van der Waals surface area contributed by atoms with Crippen molar-refractivity contribution in [2.24, 2.45) is 0 Å². The van der Waals surface area contributed by atoms with Crippen molar-refractivity contribution < 1.29 is 18.0 Å². The molecule has 0 fully saturated rings. The van der Waals surface area contributed by atoms with Crippen molar-refractivity contribution in [2.45, 2.75) is 12.7 Å². The first-order chi connectivity index (χ1) is 12.9. The zero-order chi connectivity index (χ0) is 19.3. The van der Waals surface area contributed by atoms with Crippen molar-refractivity contribution in [1.29, 1.82) is 0 Å². The van der Waals surface area contributed by atoms with Crippen LogP contribution in [0.1, 0.15) is 21.5 Å². The molecule has 2 N–H and O–H groups in total. The maximum absolute atomic E-state index is 12.6. The van der Waals surface area contributed by atoms with E-state index < -0.39 is 17.6 Å². The third-order valence-electron chi connectivity index (χ3n) is 3.72. The Balaban J connectivity index is 1.64. The third-order valence-corrected chi connectivity index (χ3v) is 3.72. The van der Waals surface area contributed by atoms with Gasteiger partial charge in [-0.3, -0.25) is 9.78 Å². The number of nitrogens with one attached hydrogen (secondary N) is 2. The van der Waals surface area contributed by atoms with Gasteiger partial charge in [0.2, 0.25) is 0 Å². The van der Waals surface area contributed by atoms with Crippen LogP contribution in [0.25, 0.3) is 0 Å². The van der Waals surface area contributed by atoms with E-state index in [1.807, 2.05) is 12.1 Å². The molecule has 0 bridgehead atoms. The Bertz CT molecular complexity index is 912. The standard InChI is InChI=1S/C19H15F3N4O/c20-19(21,22)15-1-3-16(4-2-15)26-18(27)14-7-10-24-17(11-14)25-12-13-5-8-23-9-6-13/h1-11H,12H2,(H,24,25)(H,26,27). The lowest BCUT2D eigenvalue weighted by Gasteiger charge is -2.10. The van der Waals surface area contributed by atoms with Crippen molar-refractivity contribution in [3.63, 3.8) is 0 Å². The summed E-state index contributed by atoms with van der Waals surface area (Å²) in [7, 11) is 0. The number of pyridine rings is 2. The Morgan fingerprint density at radius 1 is 0.963 bits per heavy atom. The lowest BCUT2D eigenvalue weighted by molar-refractivity contribution is -0.137. The Kier molecular flexibility index (Phi) is 5.35. The van der Waals surface area contributed by atoms with Gasteiger partial charge < -0.3 is 10.6 Å². The number of hydrogen-bond acceptors (Lipinski definition) is 4. The van der Waals surface area contributed by atoms with E-state index in [1.165, 1.54) is 24.4 Å². The van der Waals surface area contributed by atoms with E-state index in [0.29, 0.717) is 17.9 Å². The summed E-state index contributed by atoms with van der Waals surface area (Å²) in [5, 5.41) is 5.67. The topological polar surface area (TPSA) is 66.9 Å². The molecular formula is C19H15F3N4O. The average Bonchev–Trinajstić information content (AvgIpc) is 2.67. The number of alkyl halides is 3. The average molecular weight is 372 g/mol. The largest absolute Gasteiger partial charge is 0.416 e. The van der Waals surface area contributed by atoms with Crippen LogP contribution in [0.2, 0.25) is 0 Å². The van der Waals surface area contributed by atoms with Crippen molar-refractivity contribution >= 4 is 17.4 Å². The summed E-state index contributed by atoms with van der Waals surface area (Å²) in [6.07, 6.45) is 0.427. The van der Waals surface area contributed by atoms with Crippen molar-refractivity contribution in [2.75, 3.05) is 10.6 Å². The third kappa shape index (κ3) is 5.04. The highest BCUT2D eigenvalue weighted by Crippen LogP contribution is 2.29. The minimum Gasteiger partial charge on any atom is -0.366 e. The molecule has 0 unspecified atom stereocenters. The molecule has 27 heavy (non-hydrogen) atoms. The fourth-order valence-corrected chi connectivity index (χ4v) is 2.31. The first-order valence-corrected chi connectivity index (χ1v) is 7.99. The van der Waals surface area contributed by atoms with E-state index in [2.05, 4.69) is 20.6 Å². The van der Waals surface area contributed by atoms with Gasteiger partial charge in [0.15, 0.2) is 0 Å². The summed E-state index contributed by atoms with van der Waals surface area (Å²) < 4.78 is 37.7. The number of benzene rings is 1. The van der Waals surface area contributed by atoms with Crippen molar-refractivity contribution in [3.8, 4) is 0 Å². The molecule has 0 spiro atoms. The number of aromatic nitrogens is 2. The molecule has 1 amide bonds. The zero-order valence-corrected chi connectivity index (χ0v) is 14.0. The van der Waals surface area contributed by atoms with Crippen LogP contribution in [-0.2, 0) is 12.7 Å². The van der Waals surface area contributed by atoms with Crippen LogP contribution < -0.4 is 10.6 Å². The van der Waals surface area contributed by atoms with E-state index in [1.54, 1.807) is 18.5 Å². The molecule has 0 radical (unpaired) electrons. The van der Waals surface area contributed by atoms with Gasteiger partial charge in [-0.1, -0.05) is 0 Å². The molecule has 1 aromatic carbocycles. The lowest BCUT2D eigenvalue weighted by Crippen LogP contribution is -2.13. The van der Waals surface area contributed by atoms with Crippen LogP contribution in [0.4, 0.5) is 24.7 Å². The van der Waals surface area contributed by atoms with E-state index in [9.17, 15) is 18.0 Å². The van der Waals surface area contributed by atoms with Crippen molar-refractivity contribution in [3.05, 3.63) is 83.8 Å². The van der Waals surface area contributed by atoms with Gasteiger partial charge >= 0.3 is 6.18 Å². The van der Waals surface area contributed by atoms with Crippen LogP contribution in [-0.4, -0.2) is 15.9 Å². The van der Waals surface area contributed by atoms with Gasteiger partial charge in [-0.15, -0.1) is 0 Å². The summed E-state index contributed by atoms with van der Waals surface area (Å²) >= 11 is 0. The molecule has 0 aliphatic rings. The number of carbonyl (C=O) groups excluding carboxylic acids is 1. The fourth-order valence-electron chi connectivity index (χ4n) is 2.31. The van der Waals surface area contributed by atoms with Gasteiger partial charge in [-0.2, -0.15) is 13.2 Å². The van der Waals surface area contributed by atoms with Gasteiger partial charge in [-0.05, 0) is 54.1 Å². The Morgan fingerprint density at radius 3 is 2.33 bits per heavy atom. The predicted octanol–water partition coefficient (Wildman–Crippen LogP) is 4.36. The monoisotopic (exact) mass is 372 g/mol. The second kappa shape index (κ2) is 7.86. The molecule has 3 aromatic rings. The minimum atomic E-state index is -4.41. The number of anilines is 2. The normalized spacial score (nSPS) is 11.1. The molecule has 0 aliphatic heterocycles. The summed E-state index contributed by atoms with van der Waals surface area (Å²) in [6.45, 7) is 0.513. The molecule has 0 saturated heterocycles. The summed E-state index contributed by atoms with van der Waals surface area (Å²) in [6, 6.07) is 11.1.